The Labute approximate surface area is 151 Å². The highest BCUT2D eigenvalue weighted by atomic mass is 35.5. The number of nitrogens with one attached hydrogen (secondary N) is 1. The van der Waals surface area contributed by atoms with Gasteiger partial charge < -0.3 is 10.2 Å². The van der Waals surface area contributed by atoms with Crippen LogP contribution in [0.15, 0.2) is 48.5 Å². The lowest BCUT2D eigenvalue weighted by atomic mass is 10.1. The third-order valence-electron chi connectivity index (χ3n) is 3.65. The van der Waals surface area contributed by atoms with E-state index in [1.54, 1.807) is 4.90 Å². The third-order valence-corrected chi connectivity index (χ3v) is 3.94. The Hall–Kier alpha value is -2.40. The van der Waals surface area contributed by atoms with Crippen LogP contribution in [-0.4, -0.2) is 22.8 Å². The Bertz CT molecular complexity index is 750. The average molecular weight is 363 g/mol. The van der Waals surface area contributed by atoms with Crippen LogP contribution in [0.3, 0.4) is 0 Å². The number of rotatable bonds is 6. The molecule has 2 aromatic carbocycles. The van der Waals surface area contributed by atoms with Crippen LogP contribution in [0.1, 0.15) is 25.8 Å². The first-order valence-corrected chi connectivity index (χ1v) is 8.33. The number of halogens is 2. The molecule has 0 radical (unpaired) electrons. The molecule has 1 N–H and O–H groups in total. The first kappa shape index (κ1) is 18.9. The molecule has 0 atom stereocenters. The number of benzene rings is 2. The largest absolute Gasteiger partial charge is 0.336 e. The number of hydrogen-bond donors (Lipinski definition) is 1. The normalized spacial score (nSPS) is 10.6. The van der Waals surface area contributed by atoms with E-state index in [1.165, 1.54) is 12.1 Å². The fourth-order valence-electron chi connectivity index (χ4n) is 2.36. The molecule has 4 nitrogen and oxygen atoms in total. The van der Waals surface area contributed by atoms with E-state index >= 15 is 0 Å². The maximum Gasteiger partial charge on any atom is 0.233 e. The minimum atomic E-state index is -0.565. The Morgan fingerprint density at radius 2 is 1.84 bits per heavy atom. The lowest BCUT2D eigenvalue weighted by Crippen LogP contribution is -2.38. The summed E-state index contributed by atoms with van der Waals surface area (Å²) in [5.74, 6) is -1.31. The predicted molar refractivity (Wildman–Crippen MR) is 96.8 cm³/mol. The van der Waals surface area contributed by atoms with Crippen LogP contribution >= 0.6 is 11.6 Å². The van der Waals surface area contributed by atoms with E-state index < -0.39 is 11.7 Å². The van der Waals surface area contributed by atoms with Gasteiger partial charge in [0.25, 0.3) is 0 Å². The van der Waals surface area contributed by atoms with Crippen LogP contribution in [0.4, 0.5) is 10.1 Å². The van der Waals surface area contributed by atoms with E-state index in [0.29, 0.717) is 12.2 Å². The summed E-state index contributed by atoms with van der Waals surface area (Å²) in [5, 5.41) is 2.47. The summed E-state index contributed by atoms with van der Waals surface area (Å²) in [6.45, 7) is 4.24. The van der Waals surface area contributed by atoms with Crippen molar-refractivity contribution < 1.29 is 14.0 Å². The maximum atomic E-state index is 13.1. The van der Waals surface area contributed by atoms with Crippen LogP contribution in [0, 0.1) is 5.82 Å². The zero-order valence-electron chi connectivity index (χ0n) is 14.1. The lowest BCUT2D eigenvalue weighted by Gasteiger charge is -2.26. The first-order valence-electron chi connectivity index (χ1n) is 7.95. The van der Waals surface area contributed by atoms with Crippen molar-refractivity contribution in [2.45, 2.75) is 32.9 Å². The highest BCUT2D eigenvalue weighted by Gasteiger charge is 2.20. The second-order valence-electron chi connectivity index (χ2n) is 5.95. The molecule has 0 saturated heterocycles. The van der Waals surface area contributed by atoms with Gasteiger partial charge in [-0.1, -0.05) is 41.9 Å². The quantitative estimate of drug-likeness (QED) is 0.781. The summed E-state index contributed by atoms with van der Waals surface area (Å²) >= 11 is 5.68. The van der Waals surface area contributed by atoms with E-state index in [2.05, 4.69) is 5.32 Å². The van der Waals surface area contributed by atoms with Gasteiger partial charge >= 0.3 is 0 Å². The number of nitrogens with zero attached hydrogens (tertiary/aromatic N) is 1. The lowest BCUT2D eigenvalue weighted by molar-refractivity contribution is -0.136. The molecule has 0 aliphatic rings. The van der Waals surface area contributed by atoms with Crippen LogP contribution in [0.25, 0.3) is 0 Å². The van der Waals surface area contributed by atoms with Gasteiger partial charge in [0.2, 0.25) is 11.8 Å². The molecule has 0 aromatic heterocycles. The number of carbonyl (C=O) groups excluding carboxylic acids is 2. The SMILES string of the molecule is CC(C)N(Cc1ccccc1)C(=O)CC(=O)Nc1ccc(F)c(Cl)c1. The van der Waals surface area contributed by atoms with Crippen molar-refractivity contribution in [3.63, 3.8) is 0 Å². The smallest absolute Gasteiger partial charge is 0.233 e. The fraction of sp³-hybridized carbons (Fsp3) is 0.263. The van der Waals surface area contributed by atoms with Crippen molar-refractivity contribution >= 4 is 29.1 Å². The Balaban J connectivity index is 1.99. The molecular formula is C19H20ClFN2O2. The van der Waals surface area contributed by atoms with Gasteiger partial charge in [-0.3, -0.25) is 9.59 Å². The van der Waals surface area contributed by atoms with Crippen molar-refractivity contribution in [1.82, 2.24) is 4.90 Å². The minimum Gasteiger partial charge on any atom is -0.336 e. The van der Waals surface area contributed by atoms with Gasteiger partial charge in [-0.2, -0.15) is 0 Å². The van der Waals surface area contributed by atoms with Gasteiger partial charge in [0, 0.05) is 18.3 Å². The van der Waals surface area contributed by atoms with Crippen LogP contribution in [0.2, 0.25) is 5.02 Å². The molecule has 2 amide bonds. The van der Waals surface area contributed by atoms with Gasteiger partial charge in [0.1, 0.15) is 12.2 Å². The minimum absolute atomic E-state index is 0.0410. The molecule has 6 heteroatoms. The molecule has 132 valence electrons. The van der Waals surface area contributed by atoms with Gasteiger partial charge in [-0.15, -0.1) is 0 Å². The Morgan fingerprint density at radius 1 is 1.16 bits per heavy atom. The van der Waals surface area contributed by atoms with Gasteiger partial charge in [0.05, 0.1) is 5.02 Å². The van der Waals surface area contributed by atoms with E-state index in [9.17, 15) is 14.0 Å². The van der Waals surface area contributed by atoms with Gasteiger partial charge in [-0.05, 0) is 37.6 Å². The molecule has 0 spiro atoms. The highest BCUT2D eigenvalue weighted by molar-refractivity contribution is 6.31. The van der Waals surface area contributed by atoms with Crippen molar-refractivity contribution in [2.75, 3.05) is 5.32 Å². The molecule has 0 unspecified atom stereocenters. The molecule has 2 rings (SSSR count). The summed E-state index contributed by atoms with van der Waals surface area (Å²) in [5.41, 5.74) is 1.35. The molecule has 0 bridgehead atoms. The van der Waals surface area contributed by atoms with Gasteiger partial charge in [0.15, 0.2) is 0 Å². The molecule has 2 aromatic rings. The van der Waals surface area contributed by atoms with Crippen LogP contribution in [0.5, 0.6) is 0 Å². The average Bonchev–Trinajstić information content (AvgIpc) is 2.56. The second kappa shape index (κ2) is 8.62. The summed E-state index contributed by atoms with van der Waals surface area (Å²) in [6.07, 6.45) is -0.292. The summed E-state index contributed by atoms with van der Waals surface area (Å²) in [7, 11) is 0. The molecule has 0 saturated carbocycles. The zero-order chi connectivity index (χ0) is 18.4. The number of hydrogen-bond acceptors (Lipinski definition) is 2. The van der Waals surface area contributed by atoms with Crippen molar-refractivity contribution in [3.05, 3.63) is 64.9 Å². The fourth-order valence-corrected chi connectivity index (χ4v) is 2.54. The van der Waals surface area contributed by atoms with Crippen LogP contribution < -0.4 is 5.32 Å². The summed E-state index contributed by atoms with van der Waals surface area (Å²) in [6, 6.07) is 13.4. The molecule has 0 aliphatic carbocycles. The standard InChI is InChI=1S/C19H20ClFN2O2/c1-13(2)23(12-14-6-4-3-5-7-14)19(25)11-18(24)22-15-8-9-17(21)16(20)10-15/h3-10,13H,11-12H2,1-2H3,(H,22,24). The van der Waals surface area contributed by atoms with E-state index in [-0.39, 0.29) is 23.4 Å². The van der Waals surface area contributed by atoms with Crippen molar-refractivity contribution in [2.24, 2.45) is 0 Å². The van der Waals surface area contributed by atoms with Gasteiger partial charge in [-0.25, -0.2) is 4.39 Å². The maximum absolute atomic E-state index is 13.1. The van der Waals surface area contributed by atoms with E-state index in [4.69, 9.17) is 11.6 Å². The monoisotopic (exact) mass is 362 g/mol. The molecule has 0 fully saturated rings. The zero-order valence-corrected chi connectivity index (χ0v) is 14.9. The summed E-state index contributed by atoms with van der Waals surface area (Å²) < 4.78 is 13.1. The van der Waals surface area contributed by atoms with Crippen LogP contribution in [-0.2, 0) is 16.1 Å². The predicted octanol–water partition coefficient (Wildman–Crippen LogP) is 4.24. The third kappa shape index (κ3) is 5.57. The topological polar surface area (TPSA) is 49.4 Å². The highest BCUT2D eigenvalue weighted by Crippen LogP contribution is 2.19. The first-order chi connectivity index (χ1) is 11.9. The number of carbonyl (C=O) groups is 2. The second-order valence-corrected chi connectivity index (χ2v) is 6.36. The van der Waals surface area contributed by atoms with Crippen molar-refractivity contribution in [1.29, 1.82) is 0 Å². The summed E-state index contributed by atoms with van der Waals surface area (Å²) in [4.78, 5) is 26.2. The molecule has 0 heterocycles. The molecule has 25 heavy (non-hydrogen) atoms. The number of amides is 2. The number of anilines is 1. The molecular weight excluding hydrogens is 343 g/mol. The Kier molecular flexibility index (Phi) is 6.53. The molecule has 0 aliphatic heterocycles. The van der Waals surface area contributed by atoms with E-state index in [1.807, 2.05) is 44.2 Å². The van der Waals surface area contributed by atoms with E-state index in [0.717, 1.165) is 11.6 Å². The van der Waals surface area contributed by atoms with Crippen molar-refractivity contribution in [3.8, 4) is 0 Å². The Morgan fingerprint density at radius 3 is 2.44 bits per heavy atom.